The summed E-state index contributed by atoms with van der Waals surface area (Å²) < 4.78 is 2.40. The predicted octanol–water partition coefficient (Wildman–Crippen LogP) is 14.4. The smallest absolute Gasteiger partial charge is 0.0560 e. The predicted molar refractivity (Wildman–Crippen MR) is 239 cm³/mol. The van der Waals surface area contributed by atoms with Crippen molar-refractivity contribution in [2.24, 2.45) is 0 Å². The Bertz CT molecular complexity index is 2780. The van der Waals surface area contributed by atoms with E-state index in [1.54, 1.807) is 0 Å². The van der Waals surface area contributed by atoms with E-state index in [2.05, 4.69) is 222 Å². The molecule has 0 fully saturated rings. The summed E-state index contributed by atoms with van der Waals surface area (Å²) in [6, 6.07) is 64.3. The third-order valence-corrected chi connectivity index (χ3v) is 11.4. The van der Waals surface area contributed by atoms with Gasteiger partial charge in [-0.05, 0) is 112 Å². The lowest BCUT2D eigenvalue weighted by atomic mass is 9.94. The average molecular weight is 719 g/mol. The Morgan fingerprint density at radius 2 is 0.982 bits per heavy atom. The Labute approximate surface area is 329 Å². The van der Waals surface area contributed by atoms with Crippen LogP contribution >= 0.6 is 0 Å². The minimum Gasteiger partial charge on any atom is -0.334 e. The number of fused-ring (bicyclic) bond motifs is 3. The maximum atomic E-state index is 2.50. The van der Waals surface area contributed by atoms with Crippen LogP contribution < -0.4 is 4.90 Å². The molecule has 56 heavy (non-hydrogen) atoms. The molecule has 8 aromatic rings. The molecule has 0 amide bonds. The molecule has 2 nitrogen and oxygen atoms in total. The average Bonchev–Trinajstić information content (AvgIpc) is 3.62. The number of para-hydroxylation sites is 2. The van der Waals surface area contributed by atoms with Crippen molar-refractivity contribution >= 4 is 44.3 Å². The number of hydrogen-bond acceptors (Lipinski definition) is 1. The quantitative estimate of drug-likeness (QED) is 0.152. The van der Waals surface area contributed by atoms with Gasteiger partial charge in [-0.15, -0.1) is 0 Å². The van der Waals surface area contributed by atoms with Gasteiger partial charge in [-0.25, -0.2) is 0 Å². The summed E-state index contributed by atoms with van der Waals surface area (Å²) in [5, 5.41) is 2.55. The van der Waals surface area contributed by atoms with Gasteiger partial charge in [0.1, 0.15) is 0 Å². The van der Waals surface area contributed by atoms with E-state index in [0.29, 0.717) is 0 Å². The van der Waals surface area contributed by atoms with Crippen LogP contribution in [0.15, 0.2) is 212 Å². The molecule has 0 bridgehead atoms. The van der Waals surface area contributed by atoms with Crippen LogP contribution in [0, 0.1) is 0 Å². The van der Waals surface area contributed by atoms with Crippen molar-refractivity contribution in [1.29, 1.82) is 0 Å². The van der Waals surface area contributed by atoms with Crippen molar-refractivity contribution in [3.63, 3.8) is 0 Å². The molecule has 1 aromatic heterocycles. The lowest BCUT2D eigenvalue weighted by Gasteiger charge is -2.33. The Balaban J connectivity index is 0.971. The Hall–Kier alpha value is -6.90. The first-order valence-electron chi connectivity index (χ1n) is 19.8. The molecule has 0 spiro atoms. The zero-order valence-electron chi connectivity index (χ0n) is 31.3. The third-order valence-electron chi connectivity index (χ3n) is 11.4. The van der Waals surface area contributed by atoms with E-state index in [9.17, 15) is 0 Å². The van der Waals surface area contributed by atoms with Gasteiger partial charge in [0, 0.05) is 27.8 Å². The van der Waals surface area contributed by atoms with Crippen molar-refractivity contribution < 1.29 is 0 Å². The molecule has 1 heterocycles. The van der Waals surface area contributed by atoms with Crippen molar-refractivity contribution in [3.05, 3.63) is 224 Å². The topological polar surface area (TPSA) is 8.17 Å². The van der Waals surface area contributed by atoms with Crippen LogP contribution in [-0.4, -0.2) is 10.6 Å². The van der Waals surface area contributed by atoms with Crippen LogP contribution in [-0.2, 0) is 0 Å². The van der Waals surface area contributed by atoms with Gasteiger partial charge in [-0.2, -0.15) is 0 Å². The molecule has 0 aliphatic heterocycles. The molecule has 2 aliphatic carbocycles. The second-order valence-electron chi connectivity index (χ2n) is 14.8. The molecular weight excluding hydrogens is 677 g/mol. The standard InChI is InChI=1S/C54H42N2/c1-4-12-39(13-5-1)41-20-22-42(23-21-41)44-26-33-49(34-27-44)55(48-31-24-43(25-32-48)40-14-6-2-7-15-40)50-35-28-45(29-36-50)46-30-37-52-51-18-10-11-19-53(51)56(54(52)38-46)47-16-8-3-9-17-47/h1,3-6,8-35,37-38,50H,2,7,36H2. The van der Waals surface area contributed by atoms with Crippen LogP contribution in [0.25, 0.3) is 60.9 Å². The summed E-state index contributed by atoms with van der Waals surface area (Å²) >= 11 is 0. The first-order valence-corrected chi connectivity index (χ1v) is 19.8. The van der Waals surface area contributed by atoms with Crippen molar-refractivity contribution in [1.82, 2.24) is 4.57 Å². The Morgan fingerprint density at radius 3 is 1.62 bits per heavy atom. The molecule has 7 aromatic carbocycles. The number of rotatable bonds is 8. The van der Waals surface area contributed by atoms with Gasteiger partial charge in [0.05, 0.1) is 17.1 Å². The monoisotopic (exact) mass is 718 g/mol. The van der Waals surface area contributed by atoms with Gasteiger partial charge in [0.2, 0.25) is 0 Å². The fourth-order valence-electron chi connectivity index (χ4n) is 8.49. The van der Waals surface area contributed by atoms with Crippen LogP contribution in [0.1, 0.15) is 30.4 Å². The summed E-state index contributed by atoms with van der Waals surface area (Å²) in [6.07, 6.45) is 17.1. The van der Waals surface area contributed by atoms with Gasteiger partial charge in [0.15, 0.2) is 0 Å². The maximum absolute atomic E-state index is 2.50. The maximum Gasteiger partial charge on any atom is 0.0560 e. The highest BCUT2D eigenvalue weighted by Crippen LogP contribution is 2.38. The highest BCUT2D eigenvalue weighted by atomic mass is 15.2. The summed E-state index contributed by atoms with van der Waals surface area (Å²) in [6.45, 7) is 0. The molecule has 2 aliphatic rings. The molecule has 1 atom stereocenters. The largest absolute Gasteiger partial charge is 0.334 e. The highest BCUT2D eigenvalue weighted by Gasteiger charge is 2.22. The lowest BCUT2D eigenvalue weighted by molar-refractivity contribution is 0.787. The van der Waals surface area contributed by atoms with Crippen molar-refractivity contribution in [2.75, 3.05) is 4.90 Å². The third kappa shape index (κ3) is 6.40. The normalized spacial score (nSPS) is 15.2. The van der Waals surface area contributed by atoms with E-state index < -0.39 is 0 Å². The van der Waals surface area contributed by atoms with Crippen molar-refractivity contribution in [3.8, 4) is 27.9 Å². The molecule has 1 unspecified atom stereocenters. The second-order valence-corrected chi connectivity index (χ2v) is 14.8. The lowest BCUT2D eigenvalue weighted by Crippen LogP contribution is -2.30. The summed E-state index contributed by atoms with van der Waals surface area (Å²) in [7, 11) is 0. The van der Waals surface area contributed by atoms with E-state index in [4.69, 9.17) is 0 Å². The zero-order valence-corrected chi connectivity index (χ0v) is 31.3. The molecule has 268 valence electrons. The van der Waals surface area contributed by atoms with Crippen molar-refractivity contribution in [2.45, 2.75) is 25.3 Å². The zero-order chi connectivity index (χ0) is 37.3. The summed E-state index contributed by atoms with van der Waals surface area (Å²) in [5.74, 6) is 0. The second kappa shape index (κ2) is 14.7. The van der Waals surface area contributed by atoms with Gasteiger partial charge < -0.3 is 9.47 Å². The number of allylic oxidation sites excluding steroid dienone is 6. The van der Waals surface area contributed by atoms with Crippen LogP contribution in [0.4, 0.5) is 11.4 Å². The summed E-state index contributed by atoms with van der Waals surface area (Å²) in [5.41, 5.74) is 16.0. The number of anilines is 2. The van der Waals surface area contributed by atoms with E-state index in [0.717, 1.165) is 19.3 Å². The molecule has 10 rings (SSSR count). The number of nitrogens with zero attached hydrogens (tertiary/aromatic N) is 2. The van der Waals surface area contributed by atoms with Crippen LogP contribution in [0.5, 0.6) is 0 Å². The Kier molecular flexibility index (Phi) is 8.85. The fraction of sp³-hybridized carbons (Fsp3) is 0.0741. The molecule has 0 saturated heterocycles. The summed E-state index contributed by atoms with van der Waals surface area (Å²) in [4.78, 5) is 2.50. The van der Waals surface area contributed by atoms with Crippen LogP contribution in [0.3, 0.4) is 0 Å². The Morgan fingerprint density at radius 1 is 0.429 bits per heavy atom. The minimum absolute atomic E-state index is 0.161. The van der Waals surface area contributed by atoms with Gasteiger partial charge in [0.25, 0.3) is 0 Å². The van der Waals surface area contributed by atoms with E-state index >= 15 is 0 Å². The number of hydrogen-bond donors (Lipinski definition) is 0. The molecule has 0 saturated carbocycles. The van der Waals surface area contributed by atoms with E-state index in [-0.39, 0.29) is 6.04 Å². The highest BCUT2D eigenvalue weighted by molar-refractivity contribution is 6.10. The molecular formula is C54H42N2. The molecule has 2 heteroatoms. The fourth-order valence-corrected chi connectivity index (χ4v) is 8.49. The van der Waals surface area contributed by atoms with Gasteiger partial charge in [-0.1, -0.05) is 164 Å². The first kappa shape index (κ1) is 33.7. The first-order chi connectivity index (χ1) is 27.8. The van der Waals surface area contributed by atoms with Gasteiger partial charge >= 0.3 is 0 Å². The molecule has 0 radical (unpaired) electrons. The minimum atomic E-state index is 0.161. The van der Waals surface area contributed by atoms with E-state index in [1.807, 2.05) is 0 Å². The number of aromatic nitrogens is 1. The molecule has 0 N–H and O–H groups in total. The number of benzene rings is 7. The van der Waals surface area contributed by atoms with Crippen LogP contribution in [0.2, 0.25) is 0 Å². The van der Waals surface area contributed by atoms with E-state index in [1.165, 1.54) is 83.4 Å². The van der Waals surface area contributed by atoms with Gasteiger partial charge in [-0.3, -0.25) is 0 Å². The SMILES string of the molecule is C1=CC(c2ccc(N(c3ccc(-c4ccc(-c5ccccc5)cc4)cc3)C3C=CC(c4ccc5c6ccccc6n(-c6ccccc6)c5c4)=CC3)cc2)=CCC1.